The van der Waals surface area contributed by atoms with Gasteiger partial charge in [0.25, 0.3) is 0 Å². The Kier molecular flexibility index (Phi) is 3.14. The second kappa shape index (κ2) is 4.68. The van der Waals surface area contributed by atoms with Gasteiger partial charge in [-0.1, -0.05) is 31.9 Å². The topological polar surface area (TPSA) is 28.7 Å². The first-order chi connectivity index (χ1) is 9.02. The van der Waals surface area contributed by atoms with Crippen molar-refractivity contribution in [3.05, 3.63) is 50.9 Å². The van der Waals surface area contributed by atoms with Crippen LogP contribution in [0.4, 0.5) is 8.78 Å². The predicted octanol–water partition coefficient (Wildman–Crippen LogP) is 5.03. The number of fused-ring (bicyclic) bond motifs is 1. The van der Waals surface area contributed by atoms with Gasteiger partial charge in [0, 0.05) is 26.6 Å². The van der Waals surface area contributed by atoms with Gasteiger partial charge in [-0.2, -0.15) is 0 Å². The van der Waals surface area contributed by atoms with Gasteiger partial charge in [0.1, 0.15) is 5.82 Å². The number of H-pyrrole nitrogens is 1. The average molecular weight is 388 g/mol. The maximum Gasteiger partial charge on any atom is 0.161 e. The Morgan fingerprint density at radius 3 is 2.21 bits per heavy atom. The molecular weight excluding hydrogens is 382 g/mol. The third-order valence-electron chi connectivity index (χ3n) is 2.66. The zero-order valence-corrected chi connectivity index (χ0v) is 12.5. The maximum absolute atomic E-state index is 13.2. The number of aromatic amines is 1. The van der Waals surface area contributed by atoms with Crippen LogP contribution in [0.2, 0.25) is 0 Å². The van der Waals surface area contributed by atoms with Crippen LogP contribution < -0.4 is 0 Å². The van der Waals surface area contributed by atoms with Crippen molar-refractivity contribution in [3.8, 4) is 11.4 Å². The number of imidazole rings is 1. The normalized spacial score (nSPS) is 11.2. The highest BCUT2D eigenvalue weighted by Gasteiger charge is 2.10. The van der Waals surface area contributed by atoms with Gasteiger partial charge in [0.15, 0.2) is 11.6 Å². The van der Waals surface area contributed by atoms with Gasteiger partial charge < -0.3 is 4.98 Å². The number of aromatic nitrogens is 2. The van der Waals surface area contributed by atoms with Gasteiger partial charge in [0.2, 0.25) is 0 Å². The Hall–Kier alpha value is -1.27. The van der Waals surface area contributed by atoms with Crippen LogP contribution in [-0.2, 0) is 0 Å². The van der Waals surface area contributed by atoms with E-state index in [0.29, 0.717) is 16.9 Å². The number of hydrogen-bond acceptors (Lipinski definition) is 1. The van der Waals surface area contributed by atoms with Crippen LogP contribution in [0.25, 0.3) is 22.4 Å². The van der Waals surface area contributed by atoms with Crippen molar-refractivity contribution in [1.29, 1.82) is 0 Å². The molecule has 1 heterocycles. The quantitative estimate of drug-likeness (QED) is 0.623. The molecule has 3 aromatic rings. The molecule has 2 aromatic carbocycles. The Labute approximate surface area is 124 Å². The second-order valence-corrected chi connectivity index (χ2v) is 5.86. The molecule has 0 unspecified atom stereocenters. The minimum absolute atomic E-state index is 0.394. The highest BCUT2D eigenvalue weighted by atomic mass is 79.9. The van der Waals surface area contributed by atoms with E-state index in [-0.39, 0.29) is 0 Å². The largest absolute Gasteiger partial charge is 0.338 e. The molecule has 19 heavy (non-hydrogen) atoms. The number of nitrogens with one attached hydrogen (secondary N) is 1. The number of benzene rings is 2. The van der Waals surface area contributed by atoms with E-state index in [1.54, 1.807) is 0 Å². The zero-order chi connectivity index (χ0) is 13.6. The van der Waals surface area contributed by atoms with E-state index in [2.05, 4.69) is 41.8 Å². The first kappa shape index (κ1) is 12.7. The highest BCUT2D eigenvalue weighted by Crippen LogP contribution is 2.28. The van der Waals surface area contributed by atoms with Crippen LogP contribution >= 0.6 is 31.9 Å². The molecule has 0 saturated heterocycles. The van der Waals surface area contributed by atoms with Gasteiger partial charge in [-0.3, -0.25) is 0 Å². The minimum Gasteiger partial charge on any atom is -0.338 e. The lowest BCUT2D eigenvalue weighted by Gasteiger charge is -1.99. The van der Waals surface area contributed by atoms with Crippen molar-refractivity contribution < 1.29 is 8.78 Å². The first-order valence-corrected chi connectivity index (χ1v) is 6.93. The molecule has 6 heteroatoms. The molecule has 0 aliphatic rings. The van der Waals surface area contributed by atoms with Crippen LogP contribution in [-0.4, -0.2) is 9.97 Å². The Morgan fingerprint density at radius 2 is 1.53 bits per heavy atom. The molecule has 0 aliphatic carbocycles. The molecular formula is C13H6Br2F2N2. The lowest BCUT2D eigenvalue weighted by molar-refractivity contribution is 0.510. The van der Waals surface area contributed by atoms with E-state index >= 15 is 0 Å². The third kappa shape index (κ3) is 2.42. The molecule has 2 nitrogen and oxygen atoms in total. The molecule has 0 radical (unpaired) electrons. The smallest absolute Gasteiger partial charge is 0.161 e. The van der Waals surface area contributed by atoms with E-state index in [4.69, 9.17) is 0 Å². The zero-order valence-electron chi connectivity index (χ0n) is 9.35. The van der Waals surface area contributed by atoms with Crippen LogP contribution in [0, 0.1) is 11.6 Å². The van der Waals surface area contributed by atoms with E-state index in [1.165, 1.54) is 0 Å². The van der Waals surface area contributed by atoms with Crippen LogP contribution in [0.15, 0.2) is 39.3 Å². The fourth-order valence-electron chi connectivity index (χ4n) is 1.83. The molecule has 3 rings (SSSR count). The van der Waals surface area contributed by atoms with Crippen molar-refractivity contribution in [3.63, 3.8) is 0 Å². The molecule has 0 amide bonds. The lowest BCUT2D eigenvalue weighted by atomic mass is 10.2. The summed E-state index contributed by atoms with van der Waals surface area (Å²) in [5.41, 5.74) is 1.67. The van der Waals surface area contributed by atoms with Gasteiger partial charge in [-0.15, -0.1) is 0 Å². The van der Waals surface area contributed by atoms with Crippen molar-refractivity contribution in [2.75, 3.05) is 0 Å². The molecule has 0 saturated carbocycles. The summed E-state index contributed by atoms with van der Waals surface area (Å²) in [5.74, 6) is -1.24. The lowest BCUT2D eigenvalue weighted by Crippen LogP contribution is -1.82. The Bertz CT molecular complexity index is 724. The fourth-order valence-corrected chi connectivity index (χ4v) is 3.13. The predicted molar refractivity (Wildman–Crippen MR) is 76.8 cm³/mol. The average Bonchev–Trinajstić information content (AvgIpc) is 2.71. The number of rotatable bonds is 1. The molecule has 0 bridgehead atoms. The molecule has 1 N–H and O–H groups in total. The first-order valence-electron chi connectivity index (χ1n) is 5.34. The number of nitrogens with zero attached hydrogens (tertiary/aromatic N) is 1. The van der Waals surface area contributed by atoms with Crippen molar-refractivity contribution in [2.24, 2.45) is 0 Å². The van der Waals surface area contributed by atoms with Gasteiger partial charge >= 0.3 is 0 Å². The summed E-state index contributed by atoms with van der Waals surface area (Å²) < 4.78 is 28.1. The minimum atomic E-state index is -0.902. The molecule has 0 atom stereocenters. The summed E-state index contributed by atoms with van der Waals surface area (Å²) in [7, 11) is 0. The number of hydrogen-bond donors (Lipinski definition) is 1. The van der Waals surface area contributed by atoms with Gasteiger partial charge in [-0.25, -0.2) is 13.8 Å². The van der Waals surface area contributed by atoms with Gasteiger partial charge in [-0.05, 0) is 18.2 Å². The standard InChI is InChI=1S/C13H6Br2F2N2/c14-7-1-6(2-8(15)3-7)13-18-11-4-9(16)10(17)5-12(11)19-13/h1-5H,(H,18,19). The second-order valence-electron chi connectivity index (χ2n) is 4.03. The van der Waals surface area contributed by atoms with E-state index < -0.39 is 11.6 Å². The molecule has 0 spiro atoms. The van der Waals surface area contributed by atoms with Crippen molar-refractivity contribution >= 4 is 42.9 Å². The van der Waals surface area contributed by atoms with E-state index in [9.17, 15) is 8.78 Å². The van der Waals surface area contributed by atoms with Crippen molar-refractivity contribution in [2.45, 2.75) is 0 Å². The van der Waals surface area contributed by atoms with E-state index in [0.717, 1.165) is 26.6 Å². The summed E-state index contributed by atoms with van der Waals surface area (Å²) in [6.45, 7) is 0. The fraction of sp³-hybridized carbons (Fsp3) is 0. The third-order valence-corrected chi connectivity index (χ3v) is 3.58. The highest BCUT2D eigenvalue weighted by molar-refractivity contribution is 9.11. The summed E-state index contributed by atoms with van der Waals surface area (Å²) in [5, 5.41) is 0. The van der Waals surface area contributed by atoms with Gasteiger partial charge in [0.05, 0.1) is 11.0 Å². The summed E-state index contributed by atoms with van der Waals surface area (Å²) in [6, 6.07) is 7.82. The van der Waals surface area contributed by atoms with Crippen molar-refractivity contribution in [1.82, 2.24) is 9.97 Å². The maximum atomic E-state index is 13.2. The van der Waals surface area contributed by atoms with Crippen LogP contribution in [0.5, 0.6) is 0 Å². The summed E-state index contributed by atoms with van der Waals surface area (Å²) in [4.78, 5) is 7.24. The molecule has 1 aromatic heterocycles. The molecule has 0 fully saturated rings. The molecule has 0 aliphatic heterocycles. The monoisotopic (exact) mass is 386 g/mol. The molecule has 96 valence electrons. The van der Waals surface area contributed by atoms with Crippen LogP contribution in [0.3, 0.4) is 0 Å². The summed E-state index contributed by atoms with van der Waals surface area (Å²) >= 11 is 6.77. The number of halogens is 4. The van der Waals surface area contributed by atoms with E-state index in [1.807, 2.05) is 18.2 Å². The summed E-state index contributed by atoms with van der Waals surface area (Å²) in [6.07, 6.45) is 0. The van der Waals surface area contributed by atoms with Crippen LogP contribution in [0.1, 0.15) is 0 Å². The SMILES string of the molecule is Fc1cc2nc(-c3cc(Br)cc(Br)c3)[nH]c2cc1F. The Balaban J connectivity index is 2.20. The Morgan fingerprint density at radius 1 is 0.895 bits per heavy atom.